The molecule has 0 aromatic carbocycles. The largest absolute Gasteiger partial charge is 0.496 e. The van der Waals surface area contributed by atoms with Crippen LogP contribution < -0.4 is 4.74 Å². The summed E-state index contributed by atoms with van der Waals surface area (Å²) in [7, 11) is 3.42. The van der Waals surface area contributed by atoms with E-state index in [1.807, 2.05) is 19.2 Å². The molecule has 2 aromatic rings. The average Bonchev–Trinajstić information content (AvgIpc) is 3.00. The van der Waals surface area contributed by atoms with E-state index in [2.05, 4.69) is 23.8 Å². The van der Waals surface area contributed by atoms with Gasteiger partial charge in [-0.25, -0.2) is 4.98 Å². The predicted molar refractivity (Wildman–Crippen MR) is 92.3 cm³/mol. The van der Waals surface area contributed by atoms with Gasteiger partial charge in [0, 0.05) is 35.7 Å². The molecule has 0 aliphatic heterocycles. The summed E-state index contributed by atoms with van der Waals surface area (Å²) in [5.74, 6) is 1.07. The van der Waals surface area contributed by atoms with Crippen molar-refractivity contribution in [3.63, 3.8) is 0 Å². The number of ether oxygens (including phenoxy) is 1. The Morgan fingerprint density at radius 3 is 2.65 bits per heavy atom. The number of aromatic nitrogens is 2. The van der Waals surface area contributed by atoms with Crippen LogP contribution in [0.1, 0.15) is 52.1 Å². The molecule has 124 valence electrons. The smallest absolute Gasteiger partial charge is 0.273 e. The van der Waals surface area contributed by atoms with E-state index < -0.39 is 0 Å². The number of pyridine rings is 1. The second kappa shape index (κ2) is 7.08. The number of methoxy groups -OCH3 is 1. The van der Waals surface area contributed by atoms with Crippen molar-refractivity contribution < 1.29 is 9.53 Å². The van der Waals surface area contributed by atoms with Gasteiger partial charge in [-0.05, 0) is 13.8 Å². The van der Waals surface area contributed by atoms with Crippen molar-refractivity contribution in [3.05, 3.63) is 39.1 Å². The van der Waals surface area contributed by atoms with Crippen LogP contribution in [0, 0.1) is 13.8 Å². The van der Waals surface area contributed by atoms with Gasteiger partial charge in [0.1, 0.15) is 11.4 Å². The molecule has 2 aromatic heterocycles. The molecule has 5 nitrogen and oxygen atoms in total. The second-order valence-corrected chi connectivity index (χ2v) is 6.82. The van der Waals surface area contributed by atoms with Crippen LogP contribution in [0.4, 0.5) is 0 Å². The molecule has 0 fully saturated rings. The summed E-state index contributed by atoms with van der Waals surface area (Å²) in [6, 6.07) is 0. The summed E-state index contributed by atoms with van der Waals surface area (Å²) in [6.45, 7) is 8.49. The highest BCUT2D eigenvalue weighted by Crippen LogP contribution is 2.25. The van der Waals surface area contributed by atoms with Crippen LogP contribution >= 0.6 is 11.3 Å². The summed E-state index contributed by atoms with van der Waals surface area (Å²) in [4.78, 5) is 23.0. The Morgan fingerprint density at radius 1 is 1.39 bits per heavy atom. The van der Waals surface area contributed by atoms with Gasteiger partial charge in [-0.2, -0.15) is 0 Å². The Kier molecular flexibility index (Phi) is 5.36. The number of rotatable bonds is 5. The predicted octanol–water partition coefficient (Wildman–Crippen LogP) is 3.56. The van der Waals surface area contributed by atoms with Gasteiger partial charge in [-0.3, -0.25) is 9.78 Å². The lowest BCUT2D eigenvalue weighted by Gasteiger charge is -2.18. The molecule has 0 saturated heterocycles. The highest BCUT2D eigenvalue weighted by atomic mass is 32.1. The Morgan fingerprint density at radius 2 is 2.09 bits per heavy atom. The van der Waals surface area contributed by atoms with E-state index in [1.54, 1.807) is 25.3 Å². The Balaban J connectivity index is 2.18. The number of hydrogen-bond donors (Lipinski definition) is 0. The van der Waals surface area contributed by atoms with Crippen LogP contribution in [0.2, 0.25) is 0 Å². The highest BCUT2D eigenvalue weighted by Gasteiger charge is 2.19. The number of carbonyl (C=O) groups excluding carboxylic acids is 1. The number of carbonyl (C=O) groups is 1. The molecule has 0 atom stereocenters. The maximum absolute atomic E-state index is 12.5. The lowest BCUT2D eigenvalue weighted by Crippen LogP contribution is -2.27. The molecule has 2 rings (SSSR count). The minimum atomic E-state index is -0.0890. The molecule has 0 unspecified atom stereocenters. The van der Waals surface area contributed by atoms with Gasteiger partial charge >= 0.3 is 0 Å². The third kappa shape index (κ3) is 3.69. The topological polar surface area (TPSA) is 55.3 Å². The number of nitrogens with zero attached hydrogens (tertiary/aromatic N) is 3. The summed E-state index contributed by atoms with van der Waals surface area (Å²) in [5.41, 5.74) is 3.29. The summed E-state index contributed by atoms with van der Waals surface area (Å²) >= 11 is 1.53. The zero-order chi connectivity index (χ0) is 17.1. The van der Waals surface area contributed by atoms with Crippen LogP contribution in [0.3, 0.4) is 0 Å². The van der Waals surface area contributed by atoms with Gasteiger partial charge in [0.15, 0.2) is 0 Å². The van der Waals surface area contributed by atoms with Gasteiger partial charge in [0.25, 0.3) is 5.91 Å². The van der Waals surface area contributed by atoms with Crippen molar-refractivity contribution in [1.29, 1.82) is 0 Å². The second-order valence-electron chi connectivity index (χ2n) is 5.93. The first-order chi connectivity index (χ1) is 10.8. The molecule has 23 heavy (non-hydrogen) atoms. The number of hydrogen-bond acceptors (Lipinski definition) is 5. The SMILES string of the molecule is COc1c(C)cnc(CN(C)C(=O)c2csc(C(C)C)n2)c1C. The lowest BCUT2D eigenvalue weighted by atomic mass is 10.1. The monoisotopic (exact) mass is 333 g/mol. The summed E-state index contributed by atoms with van der Waals surface area (Å²) in [5, 5.41) is 2.80. The number of amides is 1. The normalized spacial score (nSPS) is 10.9. The number of aryl methyl sites for hydroxylation is 1. The fourth-order valence-electron chi connectivity index (χ4n) is 2.37. The summed E-state index contributed by atoms with van der Waals surface area (Å²) in [6.07, 6.45) is 1.78. The van der Waals surface area contributed by atoms with Crippen molar-refractivity contribution in [2.45, 2.75) is 40.2 Å². The van der Waals surface area contributed by atoms with Crippen molar-refractivity contribution in [2.75, 3.05) is 14.2 Å². The van der Waals surface area contributed by atoms with E-state index in [0.717, 1.165) is 27.6 Å². The van der Waals surface area contributed by atoms with Crippen molar-refractivity contribution in [2.24, 2.45) is 0 Å². The Hall–Kier alpha value is -1.95. The van der Waals surface area contributed by atoms with E-state index >= 15 is 0 Å². The third-order valence-electron chi connectivity index (χ3n) is 3.72. The fraction of sp³-hybridized carbons (Fsp3) is 0.471. The quantitative estimate of drug-likeness (QED) is 0.839. The van der Waals surface area contributed by atoms with Crippen molar-refractivity contribution in [1.82, 2.24) is 14.9 Å². The molecule has 0 radical (unpaired) electrons. The van der Waals surface area contributed by atoms with Crippen LogP contribution in [-0.4, -0.2) is 34.9 Å². The molecule has 0 saturated carbocycles. The third-order valence-corrected chi connectivity index (χ3v) is 4.86. The van der Waals surface area contributed by atoms with Crippen LogP contribution in [-0.2, 0) is 6.54 Å². The van der Waals surface area contributed by atoms with E-state index in [9.17, 15) is 4.79 Å². The van der Waals surface area contributed by atoms with E-state index in [0.29, 0.717) is 18.2 Å². The molecule has 2 heterocycles. The first-order valence-electron chi connectivity index (χ1n) is 7.55. The van der Waals surface area contributed by atoms with Crippen molar-refractivity contribution in [3.8, 4) is 5.75 Å². The van der Waals surface area contributed by atoms with Crippen molar-refractivity contribution >= 4 is 17.2 Å². The van der Waals surface area contributed by atoms with Crippen LogP contribution in [0.25, 0.3) is 0 Å². The molecule has 1 amide bonds. The lowest BCUT2D eigenvalue weighted by molar-refractivity contribution is 0.0778. The molecular weight excluding hydrogens is 310 g/mol. The Bertz CT molecular complexity index is 710. The van der Waals surface area contributed by atoms with Gasteiger partial charge < -0.3 is 9.64 Å². The molecular formula is C17H23N3O2S. The van der Waals surface area contributed by atoms with Crippen LogP contribution in [0.15, 0.2) is 11.6 Å². The molecule has 6 heteroatoms. The Labute approximate surface area is 141 Å². The first-order valence-corrected chi connectivity index (χ1v) is 8.43. The average molecular weight is 333 g/mol. The van der Waals surface area contributed by atoms with E-state index in [1.165, 1.54) is 11.3 Å². The van der Waals surface area contributed by atoms with Gasteiger partial charge in [-0.15, -0.1) is 11.3 Å². The fourth-order valence-corrected chi connectivity index (χ4v) is 3.18. The van der Waals surface area contributed by atoms with E-state index in [4.69, 9.17) is 4.74 Å². The molecule has 0 spiro atoms. The standard InChI is InChI=1S/C17H23N3O2S/c1-10(2)16-19-14(9-23-16)17(21)20(5)8-13-12(4)15(22-6)11(3)7-18-13/h7,9-10H,8H2,1-6H3. The van der Waals surface area contributed by atoms with Gasteiger partial charge in [-0.1, -0.05) is 13.8 Å². The molecule has 0 bridgehead atoms. The van der Waals surface area contributed by atoms with Crippen LogP contribution in [0.5, 0.6) is 5.75 Å². The summed E-state index contributed by atoms with van der Waals surface area (Å²) < 4.78 is 5.42. The zero-order valence-electron chi connectivity index (χ0n) is 14.5. The highest BCUT2D eigenvalue weighted by molar-refractivity contribution is 7.09. The maximum atomic E-state index is 12.5. The minimum absolute atomic E-state index is 0.0890. The zero-order valence-corrected chi connectivity index (χ0v) is 15.3. The number of thiazole rings is 1. The van der Waals surface area contributed by atoms with Gasteiger partial charge in [0.2, 0.25) is 0 Å². The maximum Gasteiger partial charge on any atom is 0.273 e. The van der Waals surface area contributed by atoms with E-state index in [-0.39, 0.29) is 5.91 Å². The minimum Gasteiger partial charge on any atom is -0.496 e. The molecule has 0 aliphatic rings. The van der Waals surface area contributed by atoms with Gasteiger partial charge in [0.05, 0.1) is 24.4 Å². The molecule has 0 aliphatic carbocycles. The molecule has 0 N–H and O–H groups in total. The first kappa shape index (κ1) is 17.4.